The molecule has 0 unspecified atom stereocenters. The number of hydrogen-bond acceptors (Lipinski definition) is 3. The molecule has 0 aromatic heterocycles. The van der Waals surface area contributed by atoms with Crippen LogP contribution in [0, 0.1) is 0 Å². The van der Waals surface area contributed by atoms with Crippen LogP contribution in [-0.2, 0) is 0 Å². The third kappa shape index (κ3) is 3.23. The van der Waals surface area contributed by atoms with Gasteiger partial charge in [-0.2, -0.15) is 0 Å². The Morgan fingerprint density at radius 3 is 2.29 bits per heavy atom. The van der Waals surface area contributed by atoms with E-state index in [0.717, 1.165) is 0 Å². The molecule has 0 aliphatic rings. The monoisotopic (exact) mass is 304 g/mol. The smallest absolute Gasteiger partial charge is 0.335 e. The van der Waals surface area contributed by atoms with E-state index in [2.05, 4.69) is 0 Å². The lowest BCUT2D eigenvalue weighted by atomic mass is 10.0. The van der Waals surface area contributed by atoms with Crippen LogP contribution in [0.5, 0.6) is 5.75 Å². The number of halogens is 1. The van der Waals surface area contributed by atoms with Crippen LogP contribution in [0.4, 0.5) is 0 Å². The van der Waals surface area contributed by atoms with Crippen molar-refractivity contribution in [3.8, 4) is 5.75 Å². The minimum absolute atomic E-state index is 0.127. The Bertz CT molecular complexity index is 677. The molecular formula is C16H13ClO4. The van der Waals surface area contributed by atoms with Gasteiger partial charge >= 0.3 is 5.97 Å². The maximum absolute atomic E-state index is 12.5. The third-order valence-corrected chi connectivity index (χ3v) is 3.19. The molecule has 0 radical (unpaired) electrons. The lowest BCUT2D eigenvalue weighted by molar-refractivity contribution is 0.0696. The van der Waals surface area contributed by atoms with Crippen molar-refractivity contribution < 1.29 is 19.4 Å². The molecule has 108 valence electrons. The van der Waals surface area contributed by atoms with Crippen LogP contribution in [0.15, 0.2) is 42.5 Å². The van der Waals surface area contributed by atoms with E-state index in [1.807, 2.05) is 0 Å². The summed E-state index contributed by atoms with van der Waals surface area (Å²) in [5.74, 6) is -0.960. The zero-order chi connectivity index (χ0) is 15.4. The van der Waals surface area contributed by atoms with E-state index in [1.54, 1.807) is 25.1 Å². The Hall–Kier alpha value is -2.33. The van der Waals surface area contributed by atoms with Crippen LogP contribution in [0.3, 0.4) is 0 Å². The molecule has 0 aliphatic heterocycles. The van der Waals surface area contributed by atoms with Crippen molar-refractivity contribution in [2.24, 2.45) is 0 Å². The number of hydrogen-bond donors (Lipinski definition) is 1. The highest BCUT2D eigenvalue weighted by atomic mass is 35.5. The van der Waals surface area contributed by atoms with Crippen molar-refractivity contribution in [1.82, 2.24) is 0 Å². The standard InChI is InChI=1S/C16H13ClO4/c1-2-21-15-12(4-3-5-13(15)17)14(18)10-6-8-11(9-7-10)16(19)20/h3-9H,2H2,1H3,(H,19,20). The van der Waals surface area contributed by atoms with Gasteiger partial charge in [-0.05, 0) is 31.2 Å². The van der Waals surface area contributed by atoms with Crippen molar-refractivity contribution in [1.29, 1.82) is 0 Å². The highest BCUT2D eigenvalue weighted by Gasteiger charge is 2.17. The predicted octanol–water partition coefficient (Wildman–Crippen LogP) is 3.67. The molecule has 0 saturated carbocycles. The van der Waals surface area contributed by atoms with Gasteiger partial charge in [0.25, 0.3) is 0 Å². The van der Waals surface area contributed by atoms with E-state index < -0.39 is 5.97 Å². The van der Waals surface area contributed by atoms with Crippen LogP contribution in [0.2, 0.25) is 5.02 Å². The molecule has 2 aromatic rings. The van der Waals surface area contributed by atoms with Gasteiger partial charge in [-0.15, -0.1) is 0 Å². The number of rotatable bonds is 5. The summed E-state index contributed by atoms with van der Waals surface area (Å²) in [5, 5.41) is 9.23. The summed E-state index contributed by atoms with van der Waals surface area (Å²) in [5.41, 5.74) is 0.860. The second kappa shape index (κ2) is 6.41. The summed E-state index contributed by atoms with van der Waals surface area (Å²) < 4.78 is 5.43. The van der Waals surface area contributed by atoms with Crippen molar-refractivity contribution in [3.05, 3.63) is 64.2 Å². The molecule has 0 saturated heterocycles. The molecular weight excluding hydrogens is 292 g/mol. The molecule has 5 heteroatoms. The van der Waals surface area contributed by atoms with E-state index >= 15 is 0 Å². The number of aromatic carboxylic acids is 1. The molecule has 21 heavy (non-hydrogen) atoms. The van der Waals surface area contributed by atoms with Crippen LogP contribution in [0.25, 0.3) is 0 Å². The van der Waals surface area contributed by atoms with Crippen molar-refractivity contribution >= 4 is 23.4 Å². The van der Waals surface area contributed by atoms with Crippen molar-refractivity contribution in [3.63, 3.8) is 0 Å². The quantitative estimate of drug-likeness (QED) is 0.856. The Morgan fingerprint density at radius 2 is 1.71 bits per heavy atom. The van der Waals surface area contributed by atoms with Gasteiger partial charge in [0.2, 0.25) is 0 Å². The minimum atomic E-state index is -1.04. The number of ketones is 1. The first-order valence-corrected chi connectivity index (χ1v) is 6.71. The third-order valence-electron chi connectivity index (χ3n) is 2.89. The second-order valence-electron chi connectivity index (χ2n) is 4.26. The van der Waals surface area contributed by atoms with E-state index in [4.69, 9.17) is 21.4 Å². The zero-order valence-corrected chi connectivity index (χ0v) is 12.1. The first-order valence-electron chi connectivity index (χ1n) is 6.34. The molecule has 0 spiro atoms. The molecule has 0 heterocycles. The maximum Gasteiger partial charge on any atom is 0.335 e. The molecule has 0 amide bonds. The zero-order valence-electron chi connectivity index (χ0n) is 11.3. The van der Waals surface area contributed by atoms with Crippen LogP contribution < -0.4 is 4.74 Å². The Kier molecular flexibility index (Phi) is 4.60. The normalized spacial score (nSPS) is 10.2. The summed E-state index contributed by atoms with van der Waals surface area (Å²) >= 11 is 6.05. The maximum atomic E-state index is 12.5. The van der Waals surface area contributed by atoms with Gasteiger partial charge < -0.3 is 9.84 Å². The topological polar surface area (TPSA) is 63.6 Å². The molecule has 2 rings (SSSR count). The van der Waals surface area contributed by atoms with E-state index in [0.29, 0.717) is 28.5 Å². The van der Waals surface area contributed by atoms with Gasteiger partial charge in [-0.3, -0.25) is 4.79 Å². The van der Waals surface area contributed by atoms with Crippen molar-refractivity contribution in [2.75, 3.05) is 6.61 Å². The fourth-order valence-electron chi connectivity index (χ4n) is 1.90. The van der Waals surface area contributed by atoms with E-state index in [9.17, 15) is 9.59 Å². The number of carboxylic acid groups (broad SMARTS) is 1. The van der Waals surface area contributed by atoms with Crippen LogP contribution in [0.1, 0.15) is 33.2 Å². The van der Waals surface area contributed by atoms with Gasteiger partial charge in [0.05, 0.1) is 22.8 Å². The number of benzene rings is 2. The lowest BCUT2D eigenvalue weighted by Gasteiger charge is -2.11. The lowest BCUT2D eigenvalue weighted by Crippen LogP contribution is -2.06. The highest BCUT2D eigenvalue weighted by Crippen LogP contribution is 2.30. The summed E-state index contributed by atoms with van der Waals surface area (Å²) in [6.45, 7) is 2.20. The van der Waals surface area contributed by atoms with Crippen LogP contribution in [-0.4, -0.2) is 23.5 Å². The molecule has 0 bridgehead atoms. The van der Waals surface area contributed by atoms with Crippen molar-refractivity contribution in [2.45, 2.75) is 6.92 Å². The Labute approximate surface area is 126 Å². The first kappa shape index (κ1) is 15.1. The summed E-state index contributed by atoms with van der Waals surface area (Å²) in [6.07, 6.45) is 0. The van der Waals surface area contributed by atoms with Gasteiger partial charge in [0, 0.05) is 5.56 Å². The number of carbonyl (C=O) groups excluding carboxylic acids is 1. The highest BCUT2D eigenvalue weighted by molar-refractivity contribution is 6.33. The van der Waals surface area contributed by atoms with E-state index in [1.165, 1.54) is 24.3 Å². The largest absolute Gasteiger partial charge is 0.492 e. The summed E-state index contributed by atoms with van der Waals surface area (Å²) in [7, 11) is 0. The Balaban J connectivity index is 2.40. The summed E-state index contributed by atoms with van der Waals surface area (Å²) in [4.78, 5) is 23.3. The van der Waals surface area contributed by atoms with E-state index in [-0.39, 0.29) is 11.3 Å². The number of carbonyl (C=O) groups is 2. The second-order valence-corrected chi connectivity index (χ2v) is 4.67. The summed E-state index contributed by atoms with van der Waals surface area (Å²) in [6, 6.07) is 10.7. The van der Waals surface area contributed by atoms with Crippen LogP contribution >= 0.6 is 11.6 Å². The van der Waals surface area contributed by atoms with Gasteiger partial charge in [0.1, 0.15) is 5.75 Å². The van der Waals surface area contributed by atoms with Gasteiger partial charge in [-0.1, -0.05) is 29.8 Å². The molecule has 0 atom stereocenters. The fourth-order valence-corrected chi connectivity index (χ4v) is 2.13. The molecule has 2 aromatic carbocycles. The minimum Gasteiger partial charge on any atom is -0.492 e. The SMILES string of the molecule is CCOc1c(Cl)cccc1C(=O)c1ccc(C(=O)O)cc1. The van der Waals surface area contributed by atoms with Gasteiger partial charge in [0.15, 0.2) is 5.78 Å². The molecule has 0 fully saturated rings. The molecule has 4 nitrogen and oxygen atoms in total. The fraction of sp³-hybridized carbons (Fsp3) is 0.125. The first-order chi connectivity index (χ1) is 10.0. The molecule has 1 N–H and O–H groups in total. The Morgan fingerprint density at radius 1 is 1.10 bits per heavy atom. The number of carboxylic acids is 1. The number of ether oxygens (including phenoxy) is 1. The average molecular weight is 305 g/mol. The average Bonchev–Trinajstić information content (AvgIpc) is 2.49. The molecule has 0 aliphatic carbocycles. The predicted molar refractivity (Wildman–Crippen MR) is 79.5 cm³/mol. The number of para-hydroxylation sites is 1. The van der Waals surface area contributed by atoms with Gasteiger partial charge in [-0.25, -0.2) is 4.79 Å².